The van der Waals surface area contributed by atoms with Gasteiger partial charge in [0.2, 0.25) is 0 Å². The van der Waals surface area contributed by atoms with Gasteiger partial charge in [-0.2, -0.15) is 0 Å². The molecule has 2 aliphatic heterocycles. The van der Waals surface area contributed by atoms with Gasteiger partial charge in [-0.05, 0) is 49.0 Å². The number of ether oxygens (including phenoxy) is 2. The van der Waals surface area contributed by atoms with Gasteiger partial charge in [-0.1, -0.05) is 26.5 Å². The van der Waals surface area contributed by atoms with Crippen molar-refractivity contribution in [3.05, 3.63) is 21.8 Å². The van der Waals surface area contributed by atoms with Gasteiger partial charge >= 0.3 is 29.6 Å². The molecule has 40 heavy (non-hydrogen) atoms. The standard InChI is InChI=1S/C8H12O3.C6H10N4.2C6H10O.CH4.N3.Na/c9-7-1-3-8(4-2-7)10-5-6-11-8;1-2-4-6-7-8-9-10(6)5-3-1;2*7-6-4-2-1-3-5-6;;1-3-2;/h1-6H2;1-5H2;2*1-5H2;1H4;;/q;;;;;-1;+1/i;2*1D2,4D2,5D2;1D2;;;. The number of fused-ring (bicyclic) bond motifs is 1. The van der Waals surface area contributed by atoms with Crippen LogP contribution in [-0.2, 0) is 36.7 Å². The van der Waals surface area contributed by atoms with Crippen LogP contribution in [0.2, 0.25) is 0 Å². The Bertz CT molecular complexity index is 1390. The molecule has 1 saturated heterocycles. The van der Waals surface area contributed by atoms with Crippen LogP contribution >= 0.6 is 0 Å². The first kappa shape index (κ1) is 20.3. The van der Waals surface area contributed by atoms with Crippen molar-refractivity contribution in [2.24, 2.45) is 0 Å². The van der Waals surface area contributed by atoms with Crippen LogP contribution in [0.1, 0.15) is 141 Å². The number of hydrogen-bond donors (Lipinski definition) is 0. The number of aryl methyl sites for hydroxylation is 2. The largest absolute Gasteiger partial charge is 1.00 e. The Balaban J connectivity index is 0.000000680. The van der Waals surface area contributed by atoms with Gasteiger partial charge < -0.3 is 20.5 Å². The van der Waals surface area contributed by atoms with Crippen LogP contribution < -0.4 is 29.6 Å². The number of carbonyl (C=O) groups excluding carboxylic acids is 3. The fourth-order valence-corrected chi connectivity index (χ4v) is 3.55. The van der Waals surface area contributed by atoms with Crippen LogP contribution in [0, 0.1) is 0 Å². The number of Topliss-reactive ketones (excluding diaryl/α,β-unsaturated/α-hetero) is 3. The normalized spacial score (nSPS) is 34.8. The molecule has 3 aliphatic carbocycles. The molecule has 1 spiro atoms. The molecule has 0 radical (unpaired) electrons. The Labute approximate surface area is 280 Å². The number of nitrogens with zero attached hydrogens (tertiary/aromatic N) is 7. The Morgan fingerprint density at radius 1 is 0.775 bits per heavy atom. The number of tetrazole rings is 1. The first-order chi connectivity index (χ1) is 23.5. The van der Waals surface area contributed by atoms with Crippen LogP contribution in [0.5, 0.6) is 0 Å². The minimum Gasteiger partial charge on any atom is -0.373 e. The van der Waals surface area contributed by atoms with Crippen molar-refractivity contribution >= 4 is 17.3 Å². The smallest absolute Gasteiger partial charge is 0.373 e. The van der Waals surface area contributed by atoms with Gasteiger partial charge in [0.05, 0.1) is 16.0 Å². The summed E-state index contributed by atoms with van der Waals surface area (Å²) in [4.78, 5) is 34.1. The van der Waals surface area contributed by atoms with Gasteiger partial charge in [-0.15, -0.1) is 5.10 Å². The summed E-state index contributed by atoms with van der Waals surface area (Å²) in [5.74, 6) is -1.22. The van der Waals surface area contributed by atoms with Crippen LogP contribution in [-0.4, -0.2) is 56.6 Å². The van der Waals surface area contributed by atoms with Crippen molar-refractivity contribution < 1.29 is 72.6 Å². The fourth-order valence-electron chi connectivity index (χ4n) is 3.55. The summed E-state index contributed by atoms with van der Waals surface area (Å²) < 4.78 is 115. The van der Waals surface area contributed by atoms with E-state index in [-0.39, 0.29) is 54.4 Å². The van der Waals surface area contributed by atoms with Gasteiger partial charge in [0, 0.05) is 80.6 Å². The topological polar surface area (TPSA) is 172 Å². The van der Waals surface area contributed by atoms with Gasteiger partial charge in [-0.3, -0.25) is 19.3 Å². The second kappa shape index (κ2) is 22.9. The zero-order valence-corrected chi connectivity index (χ0v) is 24.1. The maximum Gasteiger partial charge on any atom is 1.00 e. The Morgan fingerprint density at radius 2 is 1.27 bits per heavy atom. The van der Waals surface area contributed by atoms with Crippen molar-refractivity contribution in [1.29, 1.82) is 0 Å². The molecule has 3 heterocycles. The van der Waals surface area contributed by atoms with Crippen LogP contribution in [0.15, 0.2) is 0 Å². The van der Waals surface area contributed by atoms with Crippen LogP contribution in [0.4, 0.5) is 0 Å². The van der Waals surface area contributed by atoms with Crippen molar-refractivity contribution in [2.75, 3.05) is 13.2 Å². The summed E-state index contributed by atoms with van der Waals surface area (Å²) in [5.41, 5.74) is 13.5. The molecule has 3 saturated carbocycles. The van der Waals surface area contributed by atoms with E-state index in [9.17, 15) is 14.4 Å². The van der Waals surface area contributed by atoms with Crippen molar-refractivity contribution in [3.8, 4) is 0 Å². The average Bonchev–Trinajstić information content (AvgIpc) is 3.65. The molecule has 0 aromatic carbocycles. The SMILES string of the molecule is C.O=C1CCC2(CC1)OCCO2.[2H]C1([2H])CC([2H])([2H])C(=O)C([2H])([2H])C1.[2H]C1([2H])CC([2H])([2H])c2nnnn2C([2H])([2H])C1.[2H]C1([2H])CCC(=O)CC1.[N-]=[N+]=[N-].[Na+]. The summed E-state index contributed by atoms with van der Waals surface area (Å²) in [6.45, 7) is -0.742. The Hall–Kier alpha value is -1.69. The summed E-state index contributed by atoms with van der Waals surface area (Å²) >= 11 is 0. The molecule has 0 N–H and O–H groups in total. The van der Waals surface area contributed by atoms with E-state index in [1.54, 1.807) is 0 Å². The predicted molar refractivity (Wildman–Crippen MR) is 146 cm³/mol. The predicted octanol–water partition coefficient (Wildman–Crippen LogP) is 2.82. The molecule has 5 aliphatic rings. The first-order valence-corrected chi connectivity index (χ1v) is 12.2. The Kier molecular flexibility index (Phi) is 11.6. The minimum atomic E-state index is -2.38. The van der Waals surface area contributed by atoms with Gasteiger partial charge in [0.1, 0.15) is 17.3 Å². The molecular weight excluding hydrogens is 525 g/mol. The van der Waals surface area contributed by atoms with Crippen LogP contribution in [0.3, 0.4) is 0 Å². The number of aromatic nitrogens is 4. The monoisotopic (exact) mass is 585 g/mol. The van der Waals surface area contributed by atoms with Crippen molar-refractivity contribution in [2.45, 2.75) is 135 Å². The van der Waals surface area contributed by atoms with E-state index in [1.165, 1.54) is 4.91 Å². The molecule has 1 aromatic heterocycles. The minimum absolute atomic E-state index is 0. The molecule has 0 unspecified atom stereocenters. The molecule has 0 amide bonds. The third-order valence-electron chi connectivity index (χ3n) is 5.49. The fraction of sp³-hybridized carbons (Fsp3) is 0.852. The molecule has 13 heteroatoms. The number of rotatable bonds is 0. The van der Waals surface area contributed by atoms with E-state index < -0.39 is 76.2 Å². The van der Waals surface area contributed by atoms with Gasteiger partial charge in [-0.25, -0.2) is 4.68 Å². The van der Waals surface area contributed by atoms with E-state index in [2.05, 4.69) is 15.5 Å². The second-order valence-electron chi connectivity index (χ2n) is 8.16. The van der Waals surface area contributed by atoms with Crippen molar-refractivity contribution in [1.82, 2.24) is 20.2 Å². The maximum absolute atomic E-state index is 11.1. The number of ketones is 3. The summed E-state index contributed by atoms with van der Waals surface area (Å²) in [7, 11) is 0. The molecule has 6 rings (SSSR count). The van der Waals surface area contributed by atoms with E-state index in [4.69, 9.17) is 39.7 Å². The molecular formula is C27H46N7NaO5. The molecule has 0 atom stereocenters. The number of carbonyl (C=O) groups is 3. The van der Waals surface area contributed by atoms with Gasteiger partial charge in [0.15, 0.2) is 11.6 Å². The maximum atomic E-state index is 11.1. The third kappa shape index (κ3) is 15.9. The summed E-state index contributed by atoms with van der Waals surface area (Å²) in [6, 6.07) is 0. The van der Waals surface area contributed by atoms with Crippen molar-refractivity contribution in [3.63, 3.8) is 0 Å². The zero-order chi connectivity index (χ0) is 40.0. The van der Waals surface area contributed by atoms with E-state index in [1.807, 2.05) is 0 Å². The molecule has 4 fully saturated rings. The molecule has 220 valence electrons. The quantitative estimate of drug-likeness (QED) is 0.193. The average molecular weight is 586 g/mol. The Morgan fingerprint density at radius 3 is 1.85 bits per heavy atom. The van der Waals surface area contributed by atoms with Crippen LogP contribution in [0.25, 0.3) is 16.0 Å². The first-order valence-electron chi connectivity index (χ1n) is 19.2. The zero-order valence-electron chi connectivity index (χ0n) is 36.1. The molecule has 12 nitrogen and oxygen atoms in total. The van der Waals surface area contributed by atoms with E-state index >= 15 is 0 Å². The summed E-state index contributed by atoms with van der Waals surface area (Å²) in [6.07, 6.45) is -9.36. The van der Waals surface area contributed by atoms with Gasteiger partial charge in [0.25, 0.3) is 0 Å². The summed E-state index contributed by atoms with van der Waals surface area (Å²) in [5, 5.41) is 10.1. The van der Waals surface area contributed by atoms with E-state index in [0.29, 0.717) is 57.5 Å². The molecule has 1 aromatic rings. The molecule has 0 bridgehead atoms. The number of hydrogen-bond acceptors (Lipinski definition) is 8. The third-order valence-corrected chi connectivity index (χ3v) is 5.49. The van der Waals surface area contributed by atoms with E-state index in [0.717, 1.165) is 17.5 Å². The second-order valence-corrected chi connectivity index (χ2v) is 8.16.